The average molecular weight is 313 g/mol. The van der Waals surface area contributed by atoms with Crippen molar-refractivity contribution in [3.05, 3.63) is 0 Å². The first kappa shape index (κ1) is 15.1. The molecule has 0 bridgehead atoms. The number of aliphatic imine (C=N–C) groups is 1. The zero-order chi connectivity index (χ0) is 14.9. The van der Waals surface area contributed by atoms with Gasteiger partial charge in [-0.2, -0.15) is 0 Å². The van der Waals surface area contributed by atoms with Crippen molar-refractivity contribution in [2.24, 2.45) is 16.8 Å². The van der Waals surface area contributed by atoms with Gasteiger partial charge in [0.05, 0.1) is 11.5 Å². The third-order valence-corrected chi connectivity index (χ3v) is 6.98. The molecule has 3 rings (SSSR count). The standard InChI is InChI=1S/C15H27N3O2S/c1-16-15(17-12-7-8-21(19,20)10-12)18-14-9-13(14)11-5-3-2-4-6-11/h11-14H,2-10H2,1H3,(H2,16,17,18). The molecule has 3 atom stereocenters. The van der Waals surface area contributed by atoms with E-state index in [2.05, 4.69) is 15.6 Å². The van der Waals surface area contributed by atoms with E-state index in [-0.39, 0.29) is 11.8 Å². The van der Waals surface area contributed by atoms with Gasteiger partial charge in [-0.25, -0.2) is 8.42 Å². The van der Waals surface area contributed by atoms with Crippen LogP contribution < -0.4 is 10.6 Å². The third-order valence-electron chi connectivity index (χ3n) is 5.21. The molecule has 3 aliphatic rings. The van der Waals surface area contributed by atoms with Crippen LogP contribution >= 0.6 is 0 Å². The maximum Gasteiger partial charge on any atom is 0.191 e. The van der Waals surface area contributed by atoms with E-state index in [4.69, 9.17) is 0 Å². The van der Waals surface area contributed by atoms with E-state index >= 15 is 0 Å². The lowest BCUT2D eigenvalue weighted by atomic mass is 9.85. The summed E-state index contributed by atoms with van der Waals surface area (Å²) in [5, 5.41) is 6.76. The molecular formula is C15H27N3O2S. The highest BCUT2D eigenvalue weighted by atomic mass is 32.2. The number of hydrogen-bond donors (Lipinski definition) is 2. The Bertz CT molecular complexity index is 497. The van der Waals surface area contributed by atoms with Gasteiger partial charge in [0.2, 0.25) is 0 Å². The maximum atomic E-state index is 11.5. The molecule has 0 aromatic rings. The average Bonchev–Trinajstić information content (AvgIpc) is 3.15. The molecule has 2 saturated carbocycles. The van der Waals surface area contributed by atoms with Gasteiger partial charge < -0.3 is 10.6 Å². The molecule has 120 valence electrons. The van der Waals surface area contributed by atoms with Crippen LogP contribution in [0, 0.1) is 11.8 Å². The van der Waals surface area contributed by atoms with Crippen LogP contribution in [-0.2, 0) is 9.84 Å². The van der Waals surface area contributed by atoms with Crippen molar-refractivity contribution in [1.82, 2.24) is 10.6 Å². The van der Waals surface area contributed by atoms with Crippen LogP contribution in [0.4, 0.5) is 0 Å². The van der Waals surface area contributed by atoms with E-state index in [1.165, 1.54) is 38.5 Å². The van der Waals surface area contributed by atoms with E-state index in [0.29, 0.717) is 18.2 Å². The number of nitrogens with zero attached hydrogens (tertiary/aromatic N) is 1. The molecule has 2 N–H and O–H groups in total. The minimum atomic E-state index is -2.84. The van der Waals surface area contributed by atoms with Crippen LogP contribution in [0.25, 0.3) is 0 Å². The van der Waals surface area contributed by atoms with Crippen LogP contribution in [0.1, 0.15) is 44.9 Å². The Kier molecular flexibility index (Phi) is 4.43. The molecule has 0 amide bonds. The lowest BCUT2D eigenvalue weighted by Crippen LogP contribution is -2.45. The molecule has 2 aliphatic carbocycles. The van der Waals surface area contributed by atoms with Gasteiger partial charge in [-0.15, -0.1) is 0 Å². The smallest absolute Gasteiger partial charge is 0.191 e. The normalized spacial score (nSPS) is 36.4. The Morgan fingerprint density at radius 1 is 1.10 bits per heavy atom. The van der Waals surface area contributed by atoms with Gasteiger partial charge in [0, 0.05) is 19.1 Å². The molecule has 0 spiro atoms. The van der Waals surface area contributed by atoms with Crippen molar-refractivity contribution >= 4 is 15.8 Å². The van der Waals surface area contributed by atoms with E-state index < -0.39 is 9.84 Å². The number of rotatable bonds is 3. The largest absolute Gasteiger partial charge is 0.353 e. The fourth-order valence-corrected chi connectivity index (χ4v) is 5.59. The summed E-state index contributed by atoms with van der Waals surface area (Å²) in [5.41, 5.74) is 0. The Hall–Kier alpha value is -0.780. The summed E-state index contributed by atoms with van der Waals surface area (Å²) in [6, 6.07) is 0.561. The van der Waals surface area contributed by atoms with Gasteiger partial charge in [0.1, 0.15) is 0 Å². The van der Waals surface area contributed by atoms with Gasteiger partial charge in [0.15, 0.2) is 15.8 Å². The Morgan fingerprint density at radius 2 is 1.86 bits per heavy atom. The van der Waals surface area contributed by atoms with Crippen LogP contribution in [0.15, 0.2) is 4.99 Å². The summed E-state index contributed by atoms with van der Waals surface area (Å²) < 4.78 is 23.0. The van der Waals surface area contributed by atoms with Gasteiger partial charge in [-0.05, 0) is 24.7 Å². The summed E-state index contributed by atoms with van der Waals surface area (Å²) in [6.45, 7) is 0. The van der Waals surface area contributed by atoms with Crippen molar-refractivity contribution < 1.29 is 8.42 Å². The Labute approximate surface area is 127 Å². The Balaban J connectivity index is 1.46. The number of nitrogens with one attached hydrogen (secondary N) is 2. The summed E-state index contributed by atoms with van der Waals surface area (Å²) in [6.07, 6.45) is 8.89. The highest BCUT2D eigenvalue weighted by Gasteiger charge is 2.43. The van der Waals surface area contributed by atoms with E-state index in [1.54, 1.807) is 7.05 Å². The van der Waals surface area contributed by atoms with Crippen LogP contribution in [0.5, 0.6) is 0 Å². The van der Waals surface area contributed by atoms with Crippen molar-refractivity contribution in [2.75, 3.05) is 18.6 Å². The SMILES string of the molecule is CN=C(NC1CCS(=O)(=O)C1)NC1CC1C1CCCCC1. The second-order valence-electron chi connectivity index (χ2n) is 6.86. The second kappa shape index (κ2) is 6.15. The summed E-state index contributed by atoms with van der Waals surface area (Å²) in [7, 11) is -1.07. The Morgan fingerprint density at radius 3 is 2.48 bits per heavy atom. The lowest BCUT2D eigenvalue weighted by molar-refractivity contribution is 0.315. The first-order valence-corrected chi connectivity index (χ1v) is 10.1. The first-order valence-electron chi connectivity index (χ1n) is 8.28. The molecule has 1 aliphatic heterocycles. The van der Waals surface area contributed by atoms with Gasteiger partial charge >= 0.3 is 0 Å². The zero-order valence-corrected chi connectivity index (χ0v) is 13.7. The summed E-state index contributed by atoms with van der Waals surface area (Å²) in [4.78, 5) is 4.26. The van der Waals surface area contributed by atoms with Crippen LogP contribution in [0.3, 0.4) is 0 Å². The highest BCUT2D eigenvalue weighted by molar-refractivity contribution is 7.91. The fourth-order valence-electron chi connectivity index (χ4n) is 3.91. The van der Waals surface area contributed by atoms with Gasteiger partial charge in [-0.3, -0.25) is 4.99 Å². The molecule has 0 aromatic carbocycles. The van der Waals surface area contributed by atoms with Crippen molar-refractivity contribution in [3.8, 4) is 0 Å². The summed E-state index contributed by atoms with van der Waals surface area (Å²) in [5.74, 6) is 3.01. The molecule has 0 radical (unpaired) electrons. The van der Waals surface area contributed by atoms with E-state index in [9.17, 15) is 8.42 Å². The molecule has 1 heterocycles. The monoisotopic (exact) mass is 313 g/mol. The van der Waals surface area contributed by atoms with Crippen LogP contribution in [-0.4, -0.2) is 45.0 Å². The topological polar surface area (TPSA) is 70.6 Å². The molecule has 3 unspecified atom stereocenters. The lowest BCUT2D eigenvalue weighted by Gasteiger charge is -2.22. The van der Waals surface area contributed by atoms with E-state index in [1.807, 2.05) is 0 Å². The van der Waals surface area contributed by atoms with Crippen molar-refractivity contribution in [3.63, 3.8) is 0 Å². The van der Waals surface area contributed by atoms with E-state index in [0.717, 1.165) is 17.8 Å². The minimum Gasteiger partial charge on any atom is -0.353 e. The molecular weight excluding hydrogens is 286 g/mol. The first-order chi connectivity index (χ1) is 10.1. The number of guanidine groups is 1. The summed E-state index contributed by atoms with van der Waals surface area (Å²) >= 11 is 0. The zero-order valence-electron chi connectivity index (χ0n) is 12.8. The quantitative estimate of drug-likeness (QED) is 0.609. The van der Waals surface area contributed by atoms with Gasteiger partial charge in [0.25, 0.3) is 0 Å². The molecule has 1 saturated heterocycles. The molecule has 5 nitrogen and oxygen atoms in total. The maximum absolute atomic E-state index is 11.5. The molecule has 3 fully saturated rings. The van der Waals surface area contributed by atoms with Crippen molar-refractivity contribution in [2.45, 2.75) is 57.0 Å². The van der Waals surface area contributed by atoms with Crippen molar-refractivity contribution in [1.29, 1.82) is 0 Å². The minimum absolute atomic E-state index is 0.0214. The van der Waals surface area contributed by atoms with Gasteiger partial charge in [-0.1, -0.05) is 32.1 Å². The highest BCUT2D eigenvalue weighted by Crippen LogP contribution is 2.44. The predicted molar refractivity (Wildman–Crippen MR) is 85.2 cm³/mol. The number of sulfone groups is 1. The predicted octanol–water partition coefficient (Wildman–Crippen LogP) is 1.31. The molecule has 6 heteroatoms. The van der Waals surface area contributed by atoms with Crippen LogP contribution in [0.2, 0.25) is 0 Å². The number of hydrogen-bond acceptors (Lipinski definition) is 3. The second-order valence-corrected chi connectivity index (χ2v) is 9.09. The fraction of sp³-hybridized carbons (Fsp3) is 0.933. The molecule has 21 heavy (non-hydrogen) atoms. The third kappa shape index (κ3) is 3.90. The molecule has 0 aromatic heterocycles.